The molecule has 2 aromatic carbocycles. The first kappa shape index (κ1) is 34.0. The molecule has 0 heterocycles. The van der Waals surface area contributed by atoms with Gasteiger partial charge in [0.2, 0.25) is 5.91 Å². The number of amides is 2. The van der Waals surface area contributed by atoms with Gasteiger partial charge >= 0.3 is 6.09 Å². The average molecular weight is 587 g/mol. The topological polar surface area (TPSA) is 76.7 Å². The molecule has 2 aromatic rings. The van der Waals surface area contributed by atoms with Gasteiger partial charge in [-0.3, -0.25) is 4.79 Å². The van der Waals surface area contributed by atoms with E-state index in [0.717, 1.165) is 0 Å². The van der Waals surface area contributed by atoms with Gasteiger partial charge in [0, 0.05) is 0 Å². The Kier molecular flexibility index (Phi) is 12.0. The van der Waals surface area contributed by atoms with Crippen molar-refractivity contribution in [1.29, 1.82) is 0 Å². The van der Waals surface area contributed by atoms with Crippen LogP contribution in [-0.2, 0) is 14.0 Å². The molecule has 2 rings (SSSR count). The summed E-state index contributed by atoms with van der Waals surface area (Å²) in [7, 11) is -2.91. The zero-order valence-corrected chi connectivity index (χ0v) is 28.3. The number of benzene rings is 2. The maximum absolute atomic E-state index is 13.8. The summed E-state index contributed by atoms with van der Waals surface area (Å²) in [5.74, 6) is -0.359. The third-order valence-corrected chi connectivity index (χ3v) is 14.5. The van der Waals surface area contributed by atoms with Crippen LogP contribution < -0.4 is 21.2 Å². The lowest BCUT2D eigenvalue weighted by Gasteiger charge is -2.41. The van der Waals surface area contributed by atoms with E-state index in [1.54, 1.807) is 0 Å². The Balaban J connectivity index is 2.43. The first-order chi connectivity index (χ1) is 18.4. The van der Waals surface area contributed by atoms with Crippen LogP contribution in [0, 0.1) is 5.92 Å². The molecule has 0 unspecified atom stereocenters. The maximum Gasteiger partial charge on any atom is 0.408 e. The molecule has 0 aliphatic heterocycles. The van der Waals surface area contributed by atoms with Gasteiger partial charge in [0.25, 0.3) is 0 Å². The Morgan fingerprint density at radius 1 is 0.825 bits per heavy atom. The van der Waals surface area contributed by atoms with E-state index in [9.17, 15) is 9.59 Å². The number of carbonyl (C=O) groups excluding carboxylic acids is 2. The molecule has 0 bridgehead atoms. The summed E-state index contributed by atoms with van der Waals surface area (Å²) >= 11 is 0. The van der Waals surface area contributed by atoms with Crippen molar-refractivity contribution in [3.8, 4) is 0 Å². The van der Waals surface area contributed by atoms with Crippen LogP contribution >= 0.6 is 7.92 Å². The van der Waals surface area contributed by atoms with Gasteiger partial charge in [0.05, 0.1) is 12.1 Å². The lowest BCUT2D eigenvalue weighted by molar-refractivity contribution is -0.125. The molecule has 0 spiro atoms. The van der Waals surface area contributed by atoms with Gasteiger partial charge < -0.3 is 19.8 Å². The predicted molar refractivity (Wildman–Crippen MR) is 172 cm³/mol. The van der Waals surface area contributed by atoms with Crippen LogP contribution in [0.1, 0.15) is 62.3 Å². The van der Waals surface area contributed by atoms with Crippen LogP contribution in [-0.4, -0.2) is 50.3 Å². The van der Waals surface area contributed by atoms with Crippen LogP contribution in [0.4, 0.5) is 4.79 Å². The fourth-order valence-corrected chi connectivity index (χ4v) is 8.06. The Bertz CT molecular complexity index is 1040. The number of ether oxygens (including phenoxy) is 1. The minimum absolute atomic E-state index is 0.0259. The van der Waals surface area contributed by atoms with Gasteiger partial charge in [0.15, 0.2) is 8.32 Å². The van der Waals surface area contributed by atoms with Crippen molar-refractivity contribution in [3.63, 3.8) is 0 Å². The number of nitrogens with one attached hydrogen (secondary N) is 2. The van der Waals surface area contributed by atoms with Crippen molar-refractivity contribution in [1.82, 2.24) is 10.6 Å². The average Bonchev–Trinajstić information content (AvgIpc) is 2.83. The Morgan fingerprint density at radius 2 is 1.30 bits per heavy atom. The number of hydrogen-bond donors (Lipinski definition) is 2. The van der Waals surface area contributed by atoms with E-state index in [1.165, 1.54) is 10.6 Å². The van der Waals surface area contributed by atoms with Crippen molar-refractivity contribution < 1.29 is 18.8 Å². The Hall–Kier alpha value is -2.21. The lowest BCUT2D eigenvalue weighted by Crippen LogP contribution is -2.57. The normalized spacial score (nSPS) is 14.9. The smallest absolute Gasteiger partial charge is 0.408 e. The highest BCUT2D eigenvalue weighted by Crippen LogP contribution is 2.39. The minimum atomic E-state index is -2.13. The molecule has 3 atom stereocenters. The fourth-order valence-electron chi connectivity index (χ4n) is 4.05. The molecule has 6 nitrogen and oxygen atoms in total. The molecule has 0 saturated carbocycles. The third-order valence-electron chi connectivity index (χ3n) is 7.32. The standard InChI is InChI=1S/C32H51N2O4PSi/c1-23(2)28(34-30(36)37-31(4,5)6)29(35)33-27(24(3)38-40(10,11)32(7,8)9)22-39(25-18-14-12-15-19-25)26-20-16-13-17-21-26/h12-21,23-24,27-28H,22H2,1-11H3,(H,33,35)(H,34,36)/t24-,27-,28-/m1/s1. The summed E-state index contributed by atoms with van der Waals surface area (Å²) in [4.78, 5) is 26.4. The van der Waals surface area contributed by atoms with Gasteiger partial charge in [-0.25, -0.2) is 4.79 Å². The number of alkyl carbamates (subject to hydrolysis) is 1. The molecule has 0 radical (unpaired) electrons. The largest absolute Gasteiger partial charge is 0.444 e. The molecule has 40 heavy (non-hydrogen) atoms. The molecule has 222 valence electrons. The van der Waals surface area contributed by atoms with Crippen LogP contribution in [0.2, 0.25) is 18.1 Å². The molecule has 0 aliphatic rings. The molecule has 0 fully saturated rings. The highest BCUT2D eigenvalue weighted by atomic mass is 31.1. The summed E-state index contributed by atoms with van der Waals surface area (Å²) in [5.41, 5.74) is -0.655. The molecule has 0 aromatic heterocycles. The monoisotopic (exact) mass is 586 g/mol. The molecule has 8 heteroatoms. The highest BCUT2D eigenvalue weighted by Gasteiger charge is 2.41. The maximum atomic E-state index is 13.8. The van der Waals surface area contributed by atoms with Crippen molar-refractivity contribution in [2.24, 2.45) is 5.92 Å². The molecular formula is C32H51N2O4PSi. The molecular weight excluding hydrogens is 535 g/mol. The molecule has 0 saturated heterocycles. The second kappa shape index (κ2) is 14.1. The van der Waals surface area contributed by atoms with E-state index in [-0.39, 0.29) is 29.0 Å². The van der Waals surface area contributed by atoms with Crippen LogP contribution in [0.5, 0.6) is 0 Å². The zero-order chi connectivity index (χ0) is 30.3. The number of hydrogen-bond acceptors (Lipinski definition) is 4. The van der Waals surface area contributed by atoms with Crippen molar-refractivity contribution >= 4 is 38.8 Å². The van der Waals surface area contributed by atoms with E-state index in [1.807, 2.05) is 46.8 Å². The van der Waals surface area contributed by atoms with Gasteiger partial charge in [-0.1, -0.05) is 95.3 Å². The van der Waals surface area contributed by atoms with E-state index in [2.05, 4.69) is 100.0 Å². The van der Waals surface area contributed by atoms with Crippen LogP contribution in [0.15, 0.2) is 60.7 Å². The van der Waals surface area contributed by atoms with E-state index in [4.69, 9.17) is 9.16 Å². The summed E-state index contributed by atoms with van der Waals surface area (Å²) in [6.07, 6.45) is -0.113. The molecule has 2 amide bonds. The SMILES string of the molecule is CC(C)[C@@H](NC(=O)OC(C)(C)C)C(=O)N[C@H](CP(c1ccccc1)c1ccccc1)[C@@H](C)O[Si](C)(C)C(C)(C)C. The fraction of sp³-hybridized carbons (Fsp3) is 0.562. The molecule has 2 N–H and O–H groups in total. The number of carbonyl (C=O) groups is 2. The highest BCUT2D eigenvalue weighted by molar-refractivity contribution is 7.73. The van der Waals surface area contributed by atoms with Crippen molar-refractivity contribution in [2.45, 2.75) is 104 Å². The van der Waals surface area contributed by atoms with Crippen molar-refractivity contribution in [3.05, 3.63) is 60.7 Å². The van der Waals surface area contributed by atoms with E-state index >= 15 is 0 Å². The minimum Gasteiger partial charge on any atom is -0.444 e. The second-order valence-electron chi connectivity index (χ2n) is 13.3. The Morgan fingerprint density at radius 3 is 1.70 bits per heavy atom. The van der Waals surface area contributed by atoms with Crippen LogP contribution in [0.25, 0.3) is 0 Å². The lowest BCUT2D eigenvalue weighted by atomic mass is 10.0. The quantitative estimate of drug-likeness (QED) is 0.231. The summed E-state index contributed by atoms with van der Waals surface area (Å²) in [6.45, 7) is 22.5. The first-order valence-electron chi connectivity index (χ1n) is 14.3. The van der Waals surface area contributed by atoms with Crippen molar-refractivity contribution in [2.75, 3.05) is 6.16 Å². The predicted octanol–water partition coefficient (Wildman–Crippen LogP) is 6.56. The summed E-state index contributed by atoms with van der Waals surface area (Å²) < 4.78 is 12.3. The summed E-state index contributed by atoms with van der Waals surface area (Å²) in [5, 5.41) is 8.64. The van der Waals surface area contributed by atoms with E-state index in [0.29, 0.717) is 6.16 Å². The second-order valence-corrected chi connectivity index (χ2v) is 20.4. The van der Waals surface area contributed by atoms with Gasteiger partial charge in [0.1, 0.15) is 11.6 Å². The Labute approximate surface area is 244 Å². The summed E-state index contributed by atoms with van der Waals surface area (Å²) in [6, 6.07) is 20.0. The van der Waals surface area contributed by atoms with Crippen LogP contribution in [0.3, 0.4) is 0 Å². The van der Waals surface area contributed by atoms with E-state index < -0.39 is 34.0 Å². The van der Waals surface area contributed by atoms with Gasteiger partial charge in [-0.2, -0.15) is 0 Å². The number of rotatable bonds is 11. The zero-order valence-electron chi connectivity index (χ0n) is 26.4. The third kappa shape index (κ3) is 10.3. The first-order valence-corrected chi connectivity index (χ1v) is 18.7. The van der Waals surface area contributed by atoms with Gasteiger partial charge in [-0.05, 0) is 76.4 Å². The van der Waals surface area contributed by atoms with Gasteiger partial charge in [-0.15, -0.1) is 0 Å². The molecule has 0 aliphatic carbocycles.